The van der Waals surface area contributed by atoms with Crippen molar-refractivity contribution in [2.45, 2.75) is 19.4 Å². The number of methoxy groups -OCH3 is 1. The minimum Gasteiger partial charge on any atom is -0.469 e. The van der Waals surface area contributed by atoms with Crippen LogP contribution in [-0.4, -0.2) is 24.3 Å². The van der Waals surface area contributed by atoms with E-state index in [9.17, 15) is 9.90 Å². The third-order valence-corrected chi connectivity index (χ3v) is 2.59. The van der Waals surface area contributed by atoms with Crippen LogP contribution in [0.25, 0.3) is 6.08 Å². The second-order valence-corrected chi connectivity index (χ2v) is 3.92. The summed E-state index contributed by atoms with van der Waals surface area (Å²) in [6.45, 7) is 1.60. The molecule has 92 valence electrons. The maximum atomic E-state index is 11.4. The van der Waals surface area contributed by atoms with Crippen LogP contribution in [0.1, 0.15) is 18.9 Å². The summed E-state index contributed by atoms with van der Waals surface area (Å²) in [5, 5.41) is 9.48. The molecule has 0 saturated heterocycles. The molecule has 0 amide bonds. The first-order valence-corrected chi connectivity index (χ1v) is 5.62. The molecule has 1 unspecified atom stereocenters. The third-order valence-electron chi connectivity index (χ3n) is 2.59. The number of hydrogen-bond donors (Lipinski definition) is 1. The van der Waals surface area contributed by atoms with Gasteiger partial charge in [-0.3, -0.25) is 4.79 Å². The topological polar surface area (TPSA) is 46.5 Å². The molecule has 1 rings (SSSR count). The molecule has 0 bridgehead atoms. The van der Waals surface area contributed by atoms with Gasteiger partial charge in [0.2, 0.25) is 0 Å². The summed E-state index contributed by atoms with van der Waals surface area (Å²) in [5.74, 6) is -0.877. The number of ether oxygens (including phenoxy) is 1. The SMILES string of the molecule is COC(=O)C(C/C=C/c1ccccc1)[C@@H](C)O. The van der Waals surface area contributed by atoms with Crippen LogP contribution in [0, 0.1) is 5.92 Å². The molecule has 0 aliphatic carbocycles. The highest BCUT2D eigenvalue weighted by atomic mass is 16.5. The van der Waals surface area contributed by atoms with E-state index in [0.717, 1.165) is 5.56 Å². The second-order valence-electron chi connectivity index (χ2n) is 3.92. The first-order valence-electron chi connectivity index (χ1n) is 5.62. The number of carbonyl (C=O) groups excluding carboxylic acids is 1. The van der Waals surface area contributed by atoms with E-state index in [0.29, 0.717) is 6.42 Å². The van der Waals surface area contributed by atoms with Crippen molar-refractivity contribution in [3.8, 4) is 0 Å². The number of rotatable bonds is 5. The molecule has 0 spiro atoms. The van der Waals surface area contributed by atoms with Crippen molar-refractivity contribution >= 4 is 12.0 Å². The quantitative estimate of drug-likeness (QED) is 0.795. The molecule has 3 heteroatoms. The number of aliphatic hydroxyl groups excluding tert-OH is 1. The summed E-state index contributed by atoms with van der Waals surface area (Å²) in [4.78, 5) is 11.4. The average molecular weight is 234 g/mol. The van der Waals surface area contributed by atoms with E-state index in [-0.39, 0.29) is 5.97 Å². The Morgan fingerprint density at radius 2 is 2.06 bits per heavy atom. The monoisotopic (exact) mass is 234 g/mol. The highest BCUT2D eigenvalue weighted by Crippen LogP contribution is 2.13. The lowest BCUT2D eigenvalue weighted by atomic mass is 9.99. The Labute approximate surface area is 102 Å². The molecule has 0 aromatic heterocycles. The number of benzene rings is 1. The van der Waals surface area contributed by atoms with E-state index < -0.39 is 12.0 Å². The second kappa shape index (κ2) is 6.86. The van der Waals surface area contributed by atoms with E-state index in [2.05, 4.69) is 4.74 Å². The van der Waals surface area contributed by atoms with Gasteiger partial charge in [0.1, 0.15) is 0 Å². The molecule has 17 heavy (non-hydrogen) atoms. The highest BCUT2D eigenvalue weighted by Gasteiger charge is 2.22. The van der Waals surface area contributed by atoms with Crippen LogP contribution in [0.15, 0.2) is 36.4 Å². The Hall–Kier alpha value is -1.61. The van der Waals surface area contributed by atoms with Crippen LogP contribution in [-0.2, 0) is 9.53 Å². The summed E-state index contributed by atoms with van der Waals surface area (Å²) in [6, 6.07) is 9.81. The van der Waals surface area contributed by atoms with Gasteiger partial charge >= 0.3 is 5.97 Å². The Bertz CT molecular complexity index is 368. The molecule has 2 atom stereocenters. The first kappa shape index (κ1) is 13.5. The van der Waals surface area contributed by atoms with Crippen LogP contribution in [0.4, 0.5) is 0 Å². The Morgan fingerprint density at radius 3 is 2.59 bits per heavy atom. The standard InChI is InChI=1S/C14H18O3/c1-11(15)13(14(16)17-2)10-6-9-12-7-4-3-5-8-12/h3-9,11,13,15H,10H2,1-2H3/b9-6+/t11-,13?/m1/s1. The van der Waals surface area contributed by atoms with Crippen LogP contribution in [0.5, 0.6) is 0 Å². The predicted molar refractivity (Wildman–Crippen MR) is 67.3 cm³/mol. The number of allylic oxidation sites excluding steroid dienone is 1. The smallest absolute Gasteiger partial charge is 0.311 e. The number of aliphatic hydroxyl groups is 1. The fourth-order valence-corrected chi connectivity index (χ4v) is 1.56. The van der Waals surface area contributed by atoms with Gasteiger partial charge in [-0.15, -0.1) is 0 Å². The van der Waals surface area contributed by atoms with Gasteiger partial charge in [0.15, 0.2) is 0 Å². The number of carbonyl (C=O) groups is 1. The zero-order valence-electron chi connectivity index (χ0n) is 10.2. The van der Waals surface area contributed by atoms with Gasteiger partial charge in [-0.1, -0.05) is 42.5 Å². The molecule has 1 aromatic carbocycles. The Balaban J connectivity index is 2.58. The van der Waals surface area contributed by atoms with Crippen molar-refractivity contribution < 1.29 is 14.6 Å². The lowest BCUT2D eigenvalue weighted by molar-refractivity contribution is -0.148. The predicted octanol–water partition coefficient (Wildman–Crippen LogP) is 2.26. The van der Waals surface area contributed by atoms with Crippen molar-refractivity contribution in [3.63, 3.8) is 0 Å². The van der Waals surface area contributed by atoms with E-state index >= 15 is 0 Å². The van der Waals surface area contributed by atoms with Crippen LogP contribution < -0.4 is 0 Å². The minimum absolute atomic E-state index is 0.377. The number of hydrogen-bond acceptors (Lipinski definition) is 3. The van der Waals surface area contributed by atoms with Crippen LogP contribution in [0.3, 0.4) is 0 Å². The molecule has 0 aliphatic heterocycles. The third kappa shape index (κ3) is 4.41. The molecular formula is C14H18O3. The molecule has 0 fully saturated rings. The van der Waals surface area contributed by atoms with Crippen LogP contribution in [0.2, 0.25) is 0 Å². The van der Waals surface area contributed by atoms with E-state index in [1.165, 1.54) is 7.11 Å². The average Bonchev–Trinajstić information content (AvgIpc) is 2.34. The lowest BCUT2D eigenvalue weighted by Crippen LogP contribution is -2.26. The fourth-order valence-electron chi connectivity index (χ4n) is 1.56. The van der Waals surface area contributed by atoms with Crippen LogP contribution >= 0.6 is 0 Å². The van der Waals surface area contributed by atoms with Gasteiger partial charge in [0.05, 0.1) is 19.1 Å². The van der Waals surface area contributed by atoms with Gasteiger partial charge in [-0.2, -0.15) is 0 Å². The molecule has 3 nitrogen and oxygen atoms in total. The van der Waals surface area contributed by atoms with Crippen molar-refractivity contribution in [1.29, 1.82) is 0 Å². The van der Waals surface area contributed by atoms with Crippen molar-refractivity contribution in [2.24, 2.45) is 5.92 Å². The van der Waals surface area contributed by atoms with Crippen molar-refractivity contribution in [3.05, 3.63) is 42.0 Å². The first-order chi connectivity index (χ1) is 8.15. The lowest BCUT2D eigenvalue weighted by Gasteiger charge is -2.15. The summed E-state index contributed by atoms with van der Waals surface area (Å²) >= 11 is 0. The van der Waals surface area contributed by atoms with Crippen molar-refractivity contribution in [1.82, 2.24) is 0 Å². The summed E-state index contributed by atoms with van der Waals surface area (Å²) < 4.78 is 4.64. The minimum atomic E-state index is -0.706. The normalized spacial score (nSPS) is 14.5. The van der Waals surface area contributed by atoms with E-state index in [1.54, 1.807) is 6.92 Å². The van der Waals surface area contributed by atoms with Gasteiger partial charge in [0, 0.05) is 0 Å². The van der Waals surface area contributed by atoms with Gasteiger partial charge in [0.25, 0.3) is 0 Å². The van der Waals surface area contributed by atoms with E-state index in [1.807, 2.05) is 42.5 Å². The maximum Gasteiger partial charge on any atom is 0.311 e. The summed E-state index contributed by atoms with van der Waals surface area (Å²) in [5.41, 5.74) is 1.07. The summed E-state index contributed by atoms with van der Waals surface area (Å²) in [7, 11) is 1.33. The zero-order chi connectivity index (χ0) is 12.7. The van der Waals surface area contributed by atoms with Gasteiger partial charge < -0.3 is 9.84 Å². The molecular weight excluding hydrogens is 216 g/mol. The molecule has 0 heterocycles. The van der Waals surface area contributed by atoms with Gasteiger partial charge in [-0.05, 0) is 18.9 Å². The zero-order valence-corrected chi connectivity index (χ0v) is 10.2. The van der Waals surface area contributed by atoms with Crippen molar-refractivity contribution in [2.75, 3.05) is 7.11 Å². The molecule has 0 aliphatic rings. The fraction of sp³-hybridized carbons (Fsp3) is 0.357. The van der Waals surface area contributed by atoms with E-state index in [4.69, 9.17) is 0 Å². The summed E-state index contributed by atoms with van der Waals surface area (Å²) in [6.07, 6.45) is 3.57. The largest absolute Gasteiger partial charge is 0.469 e. The molecule has 0 saturated carbocycles. The molecule has 1 N–H and O–H groups in total. The maximum absolute atomic E-state index is 11.4. The number of esters is 1. The Kier molecular flexibility index (Phi) is 5.43. The molecule has 0 radical (unpaired) electrons. The highest BCUT2D eigenvalue weighted by molar-refractivity contribution is 5.73. The van der Waals surface area contributed by atoms with Gasteiger partial charge in [-0.25, -0.2) is 0 Å². The Morgan fingerprint density at radius 1 is 1.41 bits per heavy atom. The molecule has 1 aromatic rings.